The molecule has 0 heterocycles. The van der Waals surface area contributed by atoms with E-state index in [-0.39, 0.29) is 0 Å². The van der Waals surface area contributed by atoms with Crippen LogP contribution >= 0.6 is 0 Å². The molecule has 0 saturated heterocycles. The van der Waals surface area contributed by atoms with Gasteiger partial charge in [0.2, 0.25) is 0 Å². The average molecular weight is 262 g/mol. The zero-order valence-electron chi connectivity index (χ0n) is 11.0. The van der Waals surface area contributed by atoms with Crippen LogP contribution in [0.2, 0.25) is 0 Å². The molecule has 0 aliphatic heterocycles. The van der Waals surface area contributed by atoms with Crippen molar-refractivity contribution in [3.63, 3.8) is 0 Å². The second kappa shape index (κ2) is 6.99. The number of hydrogen-bond acceptors (Lipinski definition) is 3. The summed E-state index contributed by atoms with van der Waals surface area (Å²) in [5.41, 5.74) is 7.74. The molecule has 0 amide bonds. The summed E-state index contributed by atoms with van der Waals surface area (Å²) in [5.74, 6) is 6.49. The molecule has 3 heteroatoms. The minimum Gasteiger partial charge on any atom is -0.489 e. The quantitative estimate of drug-likeness (QED) is 0.864. The number of rotatable bonds is 3. The first-order chi connectivity index (χ1) is 9.83. The van der Waals surface area contributed by atoms with Crippen LogP contribution in [0.3, 0.4) is 0 Å². The van der Waals surface area contributed by atoms with E-state index >= 15 is 0 Å². The maximum atomic E-state index is 9.00. The van der Waals surface area contributed by atoms with Crippen molar-refractivity contribution in [2.75, 3.05) is 6.54 Å². The minimum absolute atomic E-state index is 0.350. The fraction of sp³-hybridized carbons (Fsp3) is 0.118. The summed E-state index contributed by atoms with van der Waals surface area (Å²) in [4.78, 5) is 0. The van der Waals surface area contributed by atoms with Gasteiger partial charge in [0.25, 0.3) is 0 Å². The van der Waals surface area contributed by atoms with Gasteiger partial charge in [-0.2, -0.15) is 5.26 Å². The number of nitrogens with zero attached hydrogens (tertiary/aromatic N) is 1. The first-order valence-corrected chi connectivity index (χ1v) is 6.23. The molecule has 0 aliphatic rings. The molecule has 0 fully saturated rings. The monoisotopic (exact) mass is 262 g/mol. The van der Waals surface area contributed by atoms with Crippen molar-refractivity contribution in [2.45, 2.75) is 6.61 Å². The molecule has 2 aromatic rings. The summed E-state index contributed by atoms with van der Waals surface area (Å²) in [5, 5.41) is 9.00. The Bertz CT molecular complexity index is 673. The summed E-state index contributed by atoms with van der Waals surface area (Å²) < 4.78 is 5.67. The van der Waals surface area contributed by atoms with Gasteiger partial charge >= 0.3 is 0 Å². The van der Waals surface area contributed by atoms with Gasteiger partial charge in [0.05, 0.1) is 18.2 Å². The second-order valence-corrected chi connectivity index (χ2v) is 4.09. The standard InChI is InChI=1S/C17H14N2O/c18-11-3-4-14-7-9-17(10-8-14)20-13-16-6-2-1-5-15(16)12-19/h1-2,5-10H,11,13,18H2. The van der Waals surface area contributed by atoms with Crippen molar-refractivity contribution >= 4 is 0 Å². The van der Waals surface area contributed by atoms with Crippen LogP contribution in [-0.2, 0) is 6.61 Å². The summed E-state index contributed by atoms with van der Waals surface area (Å²) in [6, 6.07) is 17.0. The Morgan fingerprint density at radius 3 is 2.50 bits per heavy atom. The molecule has 2 aromatic carbocycles. The van der Waals surface area contributed by atoms with Crippen molar-refractivity contribution in [2.24, 2.45) is 5.73 Å². The summed E-state index contributed by atoms with van der Waals surface area (Å²) in [7, 11) is 0. The summed E-state index contributed by atoms with van der Waals surface area (Å²) >= 11 is 0. The fourth-order valence-electron chi connectivity index (χ4n) is 1.70. The van der Waals surface area contributed by atoms with E-state index in [0.717, 1.165) is 16.9 Å². The van der Waals surface area contributed by atoms with Gasteiger partial charge in [0.15, 0.2) is 0 Å². The summed E-state index contributed by atoms with van der Waals surface area (Å²) in [6.45, 7) is 0.723. The molecule has 0 spiro atoms. The molecular formula is C17H14N2O. The average Bonchev–Trinajstić information content (AvgIpc) is 2.52. The largest absolute Gasteiger partial charge is 0.489 e. The van der Waals surface area contributed by atoms with E-state index < -0.39 is 0 Å². The lowest BCUT2D eigenvalue weighted by Crippen LogP contribution is -1.98. The Kier molecular flexibility index (Phi) is 4.78. The molecule has 0 radical (unpaired) electrons. The molecule has 20 heavy (non-hydrogen) atoms. The molecule has 0 aromatic heterocycles. The Morgan fingerprint density at radius 1 is 1.05 bits per heavy atom. The Labute approximate surface area is 118 Å². The van der Waals surface area contributed by atoms with Crippen molar-refractivity contribution in [3.05, 3.63) is 65.2 Å². The number of nitrogens with two attached hydrogens (primary N) is 1. The second-order valence-electron chi connectivity index (χ2n) is 4.09. The number of benzene rings is 2. The lowest BCUT2D eigenvalue weighted by atomic mass is 10.1. The van der Waals surface area contributed by atoms with Gasteiger partial charge in [-0.15, -0.1) is 0 Å². The third kappa shape index (κ3) is 3.62. The van der Waals surface area contributed by atoms with E-state index in [1.54, 1.807) is 6.07 Å². The summed E-state index contributed by atoms with van der Waals surface area (Å²) in [6.07, 6.45) is 0. The maximum absolute atomic E-state index is 9.00. The van der Waals surface area contributed by atoms with Gasteiger partial charge in [-0.25, -0.2) is 0 Å². The molecule has 0 atom stereocenters. The maximum Gasteiger partial charge on any atom is 0.119 e. The highest BCUT2D eigenvalue weighted by Crippen LogP contribution is 2.15. The van der Waals surface area contributed by atoms with Gasteiger partial charge in [0.1, 0.15) is 12.4 Å². The van der Waals surface area contributed by atoms with Crippen LogP contribution in [-0.4, -0.2) is 6.54 Å². The number of nitriles is 1. The van der Waals surface area contributed by atoms with Crippen LogP contribution in [0.4, 0.5) is 0 Å². The van der Waals surface area contributed by atoms with Gasteiger partial charge < -0.3 is 10.5 Å². The zero-order valence-corrected chi connectivity index (χ0v) is 11.0. The van der Waals surface area contributed by atoms with E-state index in [9.17, 15) is 0 Å². The molecule has 98 valence electrons. The zero-order chi connectivity index (χ0) is 14.2. The number of ether oxygens (including phenoxy) is 1. The van der Waals surface area contributed by atoms with Gasteiger partial charge in [-0.1, -0.05) is 30.0 Å². The van der Waals surface area contributed by atoms with Crippen LogP contribution in [0.5, 0.6) is 5.75 Å². The SMILES string of the molecule is N#Cc1ccccc1COc1ccc(C#CCN)cc1. The van der Waals surface area contributed by atoms with Gasteiger partial charge in [-0.05, 0) is 30.3 Å². The van der Waals surface area contributed by atoms with Crippen LogP contribution in [0.15, 0.2) is 48.5 Å². The molecule has 0 saturated carbocycles. The van der Waals surface area contributed by atoms with Crippen LogP contribution in [0, 0.1) is 23.2 Å². The van der Waals surface area contributed by atoms with Crippen LogP contribution in [0.1, 0.15) is 16.7 Å². The normalized spacial score (nSPS) is 9.20. The first kappa shape index (κ1) is 13.7. The number of hydrogen-bond donors (Lipinski definition) is 1. The van der Waals surface area contributed by atoms with Crippen molar-refractivity contribution in [3.8, 4) is 23.7 Å². The Hall–Kier alpha value is -2.75. The highest BCUT2D eigenvalue weighted by molar-refractivity contribution is 5.39. The molecular weight excluding hydrogens is 248 g/mol. The smallest absolute Gasteiger partial charge is 0.119 e. The highest BCUT2D eigenvalue weighted by atomic mass is 16.5. The third-order valence-corrected chi connectivity index (χ3v) is 2.72. The van der Waals surface area contributed by atoms with E-state index in [4.69, 9.17) is 15.7 Å². The molecule has 2 N–H and O–H groups in total. The Balaban J connectivity index is 2.02. The third-order valence-electron chi connectivity index (χ3n) is 2.72. The molecule has 2 rings (SSSR count). The van der Waals surface area contributed by atoms with Crippen LogP contribution < -0.4 is 10.5 Å². The van der Waals surface area contributed by atoms with Crippen molar-refractivity contribution in [1.29, 1.82) is 5.26 Å². The lowest BCUT2D eigenvalue weighted by molar-refractivity contribution is 0.306. The Morgan fingerprint density at radius 2 is 1.80 bits per heavy atom. The predicted octanol–water partition coefficient (Wildman–Crippen LogP) is 2.45. The van der Waals surface area contributed by atoms with Gasteiger partial charge in [-0.3, -0.25) is 0 Å². The van der Waals surface area contributed by atoms with Crippen LogP contribution in [0.25, 0.3) is 0 Å². The van der Waals surface area contributed by atoms with Crippen molar-refractivity contribution < 1.29 is 4.74 Å². The molecule has 0 bridgehead atoms. The predicted molar refractivity (Wildman–Crippen MR) is 77.9 cm³/mol. The van der Waals surface area contributed by atoms with E-state index in [0.29, 0.717) is 18.7 Å². The fourth-order valence-corrected chi connectivity index (χ4v) is 1.70. The first-order valence-electron chi connectivity index (χ1n) is 6.23. The molecule has 0 aliphatic carbocycles. The van der Waals surface area contributed by atoms with E-state index in [2.05, 4.69) is 17.9 Å². The van der Waals surface area contributed by atoms with Crippen molar-refractivity contribution in [1.82, 2.24) is 0 Å². The lowest BCUT2D eigenvalue weighted by Gasteiger charge is -2.07. The van der Waals surface area contributed by atoms with Gasteiger partial charge in [0, 0.05) is 11.1 Å². The minimum atomic E-state index is 0.350. The topological polar surface area (TPSA) is 59.0 Å². The van der Waals surface area contributed by atoms with E-state index in [1.165, 1.54) is 0 Å². The highest BCUT2D eigenvalue weighted by Gasteiger charge is 2.01. The van der Waals surface area contributed by atoms with E-state index in [1.807, 2.05) is 42.5 Å². The molecule has 3 nitrogen and oxygen atoms in total. The molecule has 0 unspecified atom stereocenters.